The lowest BCUT2D eigenvalue weighted by Crippen LogP contribution is -2.06. The van der Waals surface area contributed by atoms with Crippen molar-refractivity contribution < 1.29 is 4.74 Å². The quantitative estimate of drug-likeness (QED) is 0.793. The molecule has 1 rings (SSSR count). The zero-order valence-electron chi connectivity index (χ0n) is 7.53. The molecule has 2 nitrogen and oxygen atoms in total. The zero-order valence-corrected chi connectivity index (χ0v) is 9.16. The Morgan fingerprint density at radius 3 is 2.31 bits per heavy atom. The van der Waals surface area contributed by atoms with Gasteiger partial charge in [0, 0.05) is 19.3 Å². The van der Waals surface area contributed by atoms with Crippen LogP contribution in [0.5, 0.6) is 0 Å². The molecule has 0 saturated heterocycles. The van der Waals surface area contributed by atoms with Crippen molar-refractivity contribution >= 4 is 30.5 Å². The van der Waals surface area contributed by atoms with Crippen LogP contribution in [0, 0.1) is 0 Å². The fraction of sp³-hybridized carbons (Fsp3) is 0.333. The summed E-state index contributed by atoms with van der Waals surface area (Å²) in [5, 5.41) is 3.22. The van der Waals surface area contributed by atoms with Gasteiger partial charge < -0.3 is 10.1 Å². The van der Waals surface area contributed by atoms with Crippen LogP contribution in [0.2, 0.25) is 0 Å². The lowest BCUT2D eigenvalue weighted by atomic mass is 10.3. The molecule has 1 aromatic rings. The minimum absolute atomic E-state index is 0. The second-order valence-corrected chi connectivity index (χ2v) is 2.29. The molecule has 0 atom stereocenters. The van der Waals surface area contributed by atoms with Crippen molar-refractivity contribution in [1.82, 2.24) is 0 Å². The summed E-state index contributed by atoms with van der Waals surface area (Å²) in [7, 11) is 1.70. The SMILES string of the molecule is COCCNc1ccccc1.Cl.Cl. The standard InChI is InChI=1S/C9H13NO.2ClH/c1-11-8-7-10-9-5-3-2-4-6-9;;/h2-6,10H,7-8H2,1H3;2*1H. The molecule has 0 unspecified atom stereocenters. The maximum atomic E-state index is 4.90. The van der Waals surface area contributed by atoms with Gasteiger partial charge in [-0.05, 0) is 12.1 Å². The van der Waals surface area contributed by atoms with E-state index in [0.717, 1.165) is 18.8 Å². The molecule has 13 heavy (non-hydrogen) atoms. The van der Waals surface area contributed by atoms with Gasteiger partial charge in [-0.3, -0.25) is 0 Å². The van der Waals surface area contributed by atoms with Crippen LogP contribution in [0.3, 0.4) is 0 Å². The predicted octanol–water partition coefficient (Wildman–Crippen LogP) is 2.59. The van der Waals surface area contributed by atoms with Crippen LogP contribution in [-0.4, -0.2) is 20.3 Å². The zero-order chi connectivity index (χ0) is 7.94. The van der Waals surface area contributed by atoms with E-state index >= 15 is 0 Å². The molecule has 0 spiro atoms. The molecule has 0 amide bonds. The van der Waals surface area contributed by atoms with Crippen molar-refractivity contribution in [3.63, 3.8) is 0 Å². The van der Waals surface area contributed by atoms with E-state index < -0.39 is 0 Å². The van der Waals surface area contributed by atoms with Gasteiger partial charge in [0.15, 0.2) is 0 Å². The van der Waals surface area contributed by atoms with Crippen molar-refractivity contribution in [2.75, 3.05) is 25.6 Å². The lowest BCUT2D eigenvalue weighted by Gasteiger charge is -2.03. The number of para-hydroxylation sites is 1. The van der Waals surface area contributed by atoms with Gasteiger partial charge in [0.05, 0.1) is 6.61 Å². The monoisotopic (exact) mass is 223 g/mol. The molecule has 1 aromatic carbocycles. The van der Waals surface area contributed by atoms with Crippen LogP contribution in [0.4, 0.5) is 5.69 Å². The Balaban J connectivity index is 0. The fourth-order valence-corrected chi connectivity index (χ4v) is 0.853. The van der Waals surface area contributed by atoms with E-state index in [1.54, 1.807) is 7.11 Å². The number of nitrogens with one attached hydrogen (secondary N) is 1. The largest absolute Gasteiger partial charge is 0.383 e. The number of rotatable bonds is 4. The molecule has 0 aliphatic carbocycles. The van der Waals surface area contributed by atoms with Crippen LogP contribution < -0.4 is 5.32 Å². The van der Waals surface area contributed by atoms with Gasteiger partial charge in [-0.15, -0.1) is 24.8 Å². The van der Waals surface area contributed by atoms with E-state index in [2.05, 4.69) is 5.32 Å². The highest BCUT2D eigenvalue weighted by molar-refractivity contribution is 5.85. The molecule has 0 aliphatic rings. The van der Waals surface area contributed by atoms with Crippen LogP contribution >= 0.6 is 24.8 Å². The van der Waals surface area contributed by atoms with Crippen molar-refractivity contribution in [2.24, 2.45) is 0 Å². The van der Waals surface area contributed by atoms with Gasteiger partial charge in [-0.25, -0.2) is 0 Å². The van der Waals surface area contributed by atoms with Crippen molar-refractivity contribution in [3.8, 4) is 0 Å². The van der Waals surface area contributed by atoms with Crippen LogP contribution in [-0.2, 0) is 4.74 Å². The summed E-state index contributed by atoms with van der Waals surface area (Å²) in [4.78, 5) is 0. The Bertz CT molecular complexity index is 194. The minimum atomic E-state index is 0. The fourth-order valence-electron chi connectivity index (χ4n) is 0.853. The molecule has 0 fully saturated rings. The molecule has 0 aliphatic heterocycles. The third-order valence-corrected chi connectivity index (χ3v) is 1.41. The highest BCUT2D eigenvalue weighted by atomic mass is 35.5. The lowest BCUT2D eigenvalue weighted by molar-refractivity contribution is 0.211. The van der Waals surface area contributed by atoms with Gasteiger partial charge in [-0.2, -0.15) is 0 Å². The number of anilines is 1. The Morgan fingerprint density at radius 1 is 1.15 bits per heavy atom. The van der Waals surface area contributed by atoms with Crippen molar-refractivity contribution in [3.05, 3.63) is 30.3 Å². The van der Waals surface area contributed by atoms with Crippen molar-refractivity contribution in [2.45, 2.75) is 0 Å². The molecule has 0 bridgehead atoms. The first-order chi connectivity index (χ1) is 5.43. The summed E-state index contributed by atoms with van der Waals surface area (Å²) < 4.78 is 4.90. The third-order valence-electron chi connectivity index (χ3n) is 1.41. The van der Waals surface area contributed by atoms with Gasteiger partial charge in [-0.1, -0.05) is 18.2 Å². The second-order valence-electron chi connectivity index (χ2n) is 2.29. The molecule has 1 N–H and O–H groups in total. The van der Waals surface area contributed by atoms with E-state index in [9.17, 15) is 0 Å². The van der Waals surface area contributed by atoms with Gasteiger partial charge >= 0.3 is 0 Å². The molecule has 0 saturated carbocycles. The first-order valence-electron chi connectivity index (χ1n) is 3.71. The Morgan fingerprint density at radius 2 is 1.77 bits per heavy atom. The van der Waals surface area contributed by atoms with Crippen LogP contribution in [0.15, 0.2) is 30.3 Å². The molecule has 0 radical (unpaired) electrons. The Kier molecular flexibility index (Phi) is 11.2. The summed E-state index contributed by atoms with van der Waals surface area (Å²) in [6, 6.07) is 10.1. The average molecular weight is 224 g/mol. The third kappa shape index (κ3) is 6.70. The smallest absolute Gasteiger partial charge is 0.0635 e. The number of hydrogen-bond donors (Lipinski definition) is 1. The minimum Gasteiger partial charge on any atom is -0.383 e. The molecule has 76 valence electrons. The number of ether oxygens (including phenoxy) is 1. The van der Waals surface area contributed by atoms with E-state index in [-0.39, 0.29) is 24.8 Å². The molecule has 4 heteroatoms. The summed E-state index contributed by atoms with van der Waals surface area (Å²) in [5.41, 5.74) is 1.14. The topological polar surface area (TPSA) is 21.3 Å². The summed E-state index contributed by atoms with van der Waals surface area (Å²) in [6.07, 6.45) is 0. The predicted molar refractivity (Wildman–Crippen MR) is 61.3 cm³/mol. The van der Waals surface area contributed by atoms with Gasteiger partial charge in [0.1, 0.15) is 0 Å². The van der Waals surface area contributed by atoms with Gasteiger partial charge in [0.25, 0.3) is 0 Å². The van der Waals surface area contributed by atoms with Gasteiger partial charge in [0.2, 0.25) is 0 Å². The summed E-state index contributed by atoms with van der Waals surface area (Å²) >= 11 is 0. The van der Waals surface area contributed by atoms with E-state index in [0.29, 0.717) is 0 Å². The highest BCUT2D eigenvalue weighted by Crippen LogP contribution is 2.03. The Labute approximate surface area is 91.5 Å². The summed E-state index contributed by atoms with van der Waals surface area (Å²) in [6.45, 7) is 1.61. The maximum absolute atomic E-state index is 4.90. The summed E-state index contributed by atoms with van der Waals surface area (Å²) in [5.74, 6) is 0. The molecular weight excluding hydrogens is 209 g/mol. The van der Waals surface area contributed by atoms with Crippen LogP contribution in [0.1, 0.15) is 0 Å². The normalized spacial score (nSPS) is 8.08. The van der Waals surface area contributed by atoms with Crippen LogP contribution in [0.25, 0.3) is 0 Å². The number of benzene rings is 1. The number of methoxy groups -OCH3 is 1. The molecular formula is C9H15Cl2NO. The highest BCUT2D eigenvalue weighted by Gasteiger charge is 1.86. The first-order valence-corrected chi connectivity index (χ1v) is 3.71. The molecule has 0 aromatic heterocycles. The second kappa shape index (κ2) is 9.65. The number of hydrogen-bond acceptors (Lipinski definition) is 2. The average Bonchev–Trinajstić information content (AvgIpc) is 2.07. The maximum Gasteiger partial charge on any atom is 0.0635 e. The van der Waals surface area contributed by atoms with E-state index in [1.807, 2.05) is 30.3 Å². The van der Waals surface area contributed by atoms with E-state index in [1.165, 1.54) is 0 Å². The first kappa shape index (κ1) is 15.1. The Hall–Kier alpha value is -0.440. The van der Waals surface area contributed by atoms with Crippen molar-refractivity contribution in [1.29, 1.82) is 0 Å². The van der Waals surface area contributed by atoms with E-state index in [4.69, 9.17) is 4.74 Å². The number of halogens is 2. The molecule has 0 heterocycles.